The average molecular weight is 566 g/mol. The second-order valence-electron chi connectivity index (χ2n) is 8.75. The zero-order chi connectivity index (χ0) is 29.1. The van der Waals surface area contributed by atoms with Gasteiger partial charge in [0.2, 0.25) is 0 Å². The maximum Gasteiger partial charge on any atom is 0.277 e. The van der Waals surface area contributed by atoms with E-state index in [0.717, 1.165) is 23.8 Å². The second-order valence-corrected chi connectivity index (χ2v) is 9.78. The summed E-state index contributed by atoms with van der Waals surface area (Å²) in [5, 5.41) is 28.9. The highest BCUT2D eigenvalue weighted by Crippen LogP contribution is 2.23. The molecule has 0 aliphatic heterocycles. The van der Waals surface area contributed by atoms with Crippen molar-refractivity contribution in [1.82, 2.24) is 10.7 Å². The van der Waals surface area contributed by atoms with Gasteiger partial charge in [0.05, 0.1) is 33.8 Å². The molecule has 2 N–H and O–H groups in total. The van der Waals surface area contributed by atoms with Crippen molar-refractivity contribution in [2.75, 3.05) is 5.75 Å². The Balaban J connectivity index is 1.73. The van der Waals surface area contributed by atoms with Gasteiger partial charge in [-0.15, -0.1) is 0 Å². The molecule has 208 valence electrons. The number of carbonyl (C=O) groups excluding carboxylic acids is 2. The van der Waals surface area contributed by atoms with Crippen LogP contribution in [0.2, 0.25) is 0 Å². The minimum absolute atomic E-state index is 0.0267. The van der Waals surface area contributed by atoms with Gasteiger partial charge in [-0.25, -0.2) is 5.43 Å². The lowest BCUT2D eigenvalue weighted by Crippen LogP contribution is -2.47. The highest BCUT2D eigenvalue weighted by Gasteiger charge is 2.25. The Morgan fingerprint density at radius 2 is 1.60 bits per heavy atom. The van der Waals surface area contributed by atoms with Gasteiger partial charge in [-0.3, -0.25) is 29.8 Å². The first-order chi connectivity index (χ1) is 19.1. The standard InChI is InChI=1S/C27H27N5O7S/c1-18(2)39-24-10-8-19(9-11-24)15-28-30-27(34)25(17-40-16-20-6-4-3-5-7-20)29-26(33)21-12-22(31(35)36)14-23(13-21)32(37)38/h3-15,18,25H,16-17H2,1-2H3,(H,29,33)(H,30,34)/b28-15+. The molecule has 0 aliphatic rings. The van der Waals surface area contributed by atoms with E-state index in [4.69, 9.17) is 4.74 Å². The van der Waals surface area contributed by atoms with Crippen LogP contribution >= 0.6 is 11.8 Å². The number of carbonyl (C=O) groups is 2. The van der Waals surface area contributed by atoms with E-state index < -0.39 is 39.1 Å². The number of benzene rings is 3. The van der Waals surface area contributed by atoms with Gasteiger partial charge >= 0.3 is 0 Å². The Morgan fingerprint density at radius 3 is 2.17 bits per heavy atom. The van der Waals surface area contributed by atoms with E-state index in [1.165, 1.54) is 18.0 Å². The lowest BCUT2D eigenvalue weighted by Gasteiger charge is -2.17. The van der Waals surface area contributed by atoms with E-state index in [1.807, 2.05) is 44.2 Å². The molecule has 3 aromatic rings. The van der Waals surface area contributed by atoms with Crippen LogP contribution in [0.25, 0.3) is 0 Å². The summed E-state index contributed by atoms with van der Waals surface area (Å²) in [5.74, 6) is -0.130. The number of amides is 2. The van der Waals surface area contributed by atoms with Gasteiger partial charge in [0.15, 0.2) is 0 Å². The number of nitro benzene ring substituents is 2. The summed E-state index contributed by atoms with van der Waals surface area (Å²) in [7, 11) is 0. The number of rotatable bonds is 13. The molecule has 3 rings (SSSR count). The molecule has 0 saturated heterocycles. The summed E-state index contributed by atoms with van der Waals surface area (Å²) >= 11 is 1.37. The third-order valence-corrected chi connectivity index (χ3v) is 6.35. The van der Waals surface area contributed by atoms with Crippen LogP contribution in [0.1, 0.15) is 35.3 Å². The number of thioether (sulfide) groups is 1. The first kappa shape index (κ1) is 29.8. The molecule has 0 bridgehead atoms. The number of ether oxygens (including phenoxy) is 1. The largest absolute Gasteiger partial charge is 0.491 e. The van der Waals surface area contributed by atoms with E-state index in [9.17, 15) is 29.8 Å². The van der Waals surface area contributed by atoms with E-state index in [1.54, 1.807) is 24.3 Å². The number of hydrogen-bond acceptors (Lipinski definition) is 9. The number of hydrogen-bond donors (Lipinski definition) is 2. The molecule has 0 radical (unpaired) electrons. The van der Waals surface area contributed by atoms with Crippen LogP contribution in [0.5, 0.6) is 5.75 Å². The Morgan fingerprint density at radius 1 is 0.975 bits per heavy atom. The molecule has 1 atom stereocenters. The quantitative estimate of drug-likeness (QED) is 0.174. The fourth-order valence-corrected chi connectivity index (χ4v) is 4.40. The summed E-state index contributed by atoms with van der Waals surface area (Å²) in [6.07, 6.45) is 1.45. The third kappa shape index (κ3) is 9.20. The van der Waals surface area contributed by atoms with Crippen LogP contribution < -0.4 is 15.5 Å². The molecule has 13 heteroatoms. The Kier molecular flexibility index (Phi) is 10.7. The lowest BCUT2D eigenvalue weighted by molar-refractivity contribution is -0.394. The molecule has 2 amide bonds. The minimum Gasteiger partial charge on any atom is -0.491 e. The molecule has 3 aromatic carbocycles. The maximum absolute atomic E-state index is 13.0. The summed E-state index contributed by atoms with van der Waals surface area (Å²) < 4.78 is 5.60. The van der Waals surface area contributed by atoms with E-state index in [0.29, 0.717) is 17.1 Å². The highest BCUT2D eigenvalue weighted by molar-refractivity contribution is 7.98. The number of nitrogens with one attached hydrogen (secondary N) is 2. The van der Waals surface area contributed by atoms with Crippen LogP contribution in [0.3, 0.4) is 0 Å². The van der Waals surface area contributed by atoms with Crippen LogP contribution in [0.4, 0.5) is 11.4 Å². The lowest BCUT2D eigenvalue weighted by atomic mass is 10.1. The fraction of sp³-hybridized carbons (Fsp3) is 0.222. The molecule has 1 unspecified atom stereocenters. The van der Waals surface area contributed by atoms with Gasteiger partial charge in [-0.05, 0) is 49.2 Å². The van der Waals surface area contributed by atoms with Gasteiger partial charge in [-0.2, -0.15) is 16.9 Å². The fourth-order valence-electron chi connectivity index (χ4n) is 3.38. The number of nitrogens with zero attached hydrogens (tertiary/aromatic N) is 3. The molecule has 0 saturated carbocycles. The first-order valence-corrected chi connectivity index (χ1v) is 13.2. The summed E-state index contributed by atoms with van der Waals surface area (Å²) in [5.41, 5.74) is 2.55. The average Bonchev–Trinajstić information content (AvgIpc) is 2.93. The van der Waals surface area contributed by atoms with Gasteiger partial charge in [0.1, 0.15) is 11.8 Å². The van der Waals surface area contributed by atoms with E-state index in [-0.39, 0.29) is 17.4 Å². The van der Waals surface area contributed by atoms with Gasteiger partial charge in [-0.1, -0.05) is 30.3 Å². The smallest absolute Gasteiger partial charge is 0.277 e. The summed E-state index contributed by atoms with van der Waals surface area (Å²) in [4.78, 5) is 46.7. The van der Waals surface area contributed by atoms with Crippen molar-refractivity contribution in [3.63, 3.8) is 0 Å². The third-order valence-electron chi connectivity index (χ3n) is 5.24. The first-order valence-electron chi connectivity index (χ1n) is 12.1. The topological polar surface area (TPSA) is 166 Å². The van der Waals surface area contributed by atoms with Crippen molar-refractivity contribution >= 4 is 41.2 Å². The van der Waals surface area contributed by atoms with Crippen molar-refractivity contribution in [3.05, 3.63) is 110 Å². The van der Waals surface area contributed by atoms with Crippen molar-refractivity contribution < 1.29 is 24.2 Å². The molecule has 0 spiro atoms. The normalized spacial score (nSPS) is 11.7. The molecule has 0 aromatic heterocycles. The van der Waals surface area contributed by atoms with Crippen molar-refractivity contribution in [1.29, 1.82) is 0 Å². The molecular weight excluding hydrogens is 538 g/mol. The molecule has 0 aliphatic carbocycles. The summed E-state index contributed by atoms with van der Waals surface area (Å²) in [6, 6.07) is 18.0. The predicted octanol–water partition coefficient (Wildman–Crippen LogP) is 4.47. The molecule has 12 nitrogen and oxygen atoms in total. The molecule has 40 heavy (non-hydrogen) atoms. The van der Waals surface area contributed by atoms with Crippen molar-refractivity contribution in [2.45, 2.75) is 31.7 Å². The minimum atomic E-state index is -1.10. The zero-order valence-electron chi connectivity index (χ0n) is 21.7. The number of hydrazone groups is 1. The van der Waals surface area contributed by atoms with Crippen LogP contribution in [0.15, 0.2) is 77.9 Å². The van der Waals surface area contributed by atoms with Crippen LogP contribution in [-0.2, 0) is 10.5 Å². The van der Waals surface area contributed by atoms with Gasteiger partial charge < -0.3 is 10.1 Å². The SMILES string of the molecule is CC(C)Oc1ccc(/C=N/NC(=O)C(CSCc2ccccc2)NC(=O)c2cc([N+](=O)[O-])cc([N+](=O)[O-])c2)cc1. The summed E-state index contributed by atoms with van der Waals surface area (Å²) in [6.45, 7) is 3.83. The molecular formula is C27H27N5O7S. The number of nitro groups is 2. The van der Waals surface area contributed by atoms with Gasteiger partial charge in [0.25, 0.3) is 23.2 Å². The monoisotopic (exact) mass is 565 g/mol. The maximum atomic E-state index is 13.0. The molecule has 0 fully saturated rings. The van der Waals surface area contributed by atoms with Crippen molar-refractivity contribution in [2.24, 2.45) is 5.10 Å². The van der Waals surface area contributed by atoms with Crippen molar-refractivity contribution in [3.8, 4) is 5.75 Å². The highest BCUT2D eigenvalue weighted by atomic mass is 32.2. The van der Waals surface area contributed by atoms with E-state index in [2.05, 4.69) is 15.8 Å². The van der Waals surface area contributed by atoms with E-state index >= 15 is 0 Å². The van der Waals surface area contributed by atoms with Crippen LogP contribution in [0, 0.1) is 20.2 Å². The Labute approximate surface area is 234 Å². The Hall–Kier alpha value is -4.78. The second kappa shape index (κ2) is 14.4. The van der Waals surface area contributed by atoms with Crippen LogP contribution in [-0.4, -0.2) is 45.8 Å². The molecule has 0 heterocycles. The Bertz CT molecular complexity index is 1350. The number of non-ortho nitro benzene ring substituents is 2. The zero-order valence-corrected chi connectivity index (χ0v) is 22.5. The van der Waals surface area contributed by atoms with Gasteiger partial charge in [0, 0.05) is 23.6 Å². The predicted molar refractivity (Wildman–Crippen MR) is 152 cm³/mol.